The molecule has 30 heavy (non-hydrogen) atoms. The van der Waals surface area contributed by atoms with E-state index in [4.69, 9.17) is 22.1 Å². The highest BCUT2D eigenvalue weighted by molar-refractivity contribution is 7.18. The number of hydrogen-bond acceptors (Lipinski definition) is 6. The molecule has 8 nitrogen and oxygen atoms in total. The number of rotatable bonds is 8. The van der Waals surface area contributed by atoms with Gasteiger partial charge >= 0.3 is 5.97 Å². The summed E-state index contributed by atoms with van der Waals surface area (Å²) in [7, 11) is 0. The number of thiophene rings is 1. The Kier molecular flexibility index (Phi) is 7.42. The molecule has 0 bridgehead atoms. The van der Waals surface area contributed by atoms with Gasteiger partial charge in [-0.2, -0.15) is 5.10 Å². The number of halogens is 5. The van der Waals surface area contributed by atoms with Crippen molar-refractivity contribution in [1.82, 2.24) is 9.78 Å². The van der Waals surface area contributed by atoms with Crippen molar-refractivity contribution in [2.24, 2.45) is 5.73 Å². The summed E-state index contributed by atoms with van der Waals surface area (Å²) < 4.78 is 57.5. The summed E-state index contributed by atoms with van der Waals surface area (Å²) in [5.74, 6) is -2.69. The maximum Gasteiger partial charge on any atom is 0.341 e. The first-order chi connectivity index (χ1) is 14.0. The number of nitrogens with two attached hydrogens (primary N) is 1. The Morgan fingerprint density at radius 2 is 1.90 bits per heavy atom. The SMILES string of the molecule is CCOC(=O)c1c(NC(=O)Cn2nc(C(F)F)c(Cl)c2C(F)F)sc(C(N)=O)c1C. The summed E-state index contributed by atoms with van der Waals surface area (Å²) >= 11 is 6.22. The molecule has 0 spiro atoms. The van der Waals surface area contributed by atoms with E-state index < -0.39 is 53.6 Å². The van der Waals surface area contributed by atoms with Crippen molar-refractivity contribution < 1.29 is 36.7 Å². The largest absolute Gasteiger partial charge is 0.462 e. The van der Waals surface area contributed by atoms with E-state index in [1.807, 2.05) is 0 Å². The van der Waals surface area contributed by atoms with Crippen LogP contribution in [0.4, 0.5) is 22.6 Å². The zero-order chi connectivity index (χ0) is 22.7. The molecule has 2 heterocycles. The highest BCUT2D eigenvalue weighted by atomic mass is 35.5. The average Bonchev–Trinajstić information content (AvgIpc) is 3.12. The number of amides is 2. The second kappa shape index (κ2) is 9.43. The third kappa shape index (κ3) is 4.73. The van der Waals surface area contributed by atoms with E-state index in [9.17, 15) is 31.9 Å². The molecule has 0 saturated carbocycles. The fraction of sp³-hybridized carbons (Fsp3) is 0.375. The highest BCUT2D eigenvalue weighted by Crippen LogP contribution is 2.36. The molecule has 14 heteroatoms. The second-order valence-corrected chi connectivity index (χ2v) is 7.14. The lowest BCUT2D eigenvalue weighted by Crippen LogP contribution is -2.22. The molecule has 2 rings (SSSR count). The Morgan fingerprint density at radius 1 is 1.27 bits per heavy atom. The van der Waals surface area contributed by atoms with Gasteiger partial charge in [0.25, 0.3) is 18.8 Å². The van der Waals surface area contributed by atoms with E-state index >= 15 is 0 Å². The average molecular weight is 471 g/mol. The van der Waals surface area contributed by atoms with Crippen molar-refractivity contribution in [2.75, 3.05) is 11.9 Å². The lowest BCUT2D eigenvalue weighted by molar-refractivity contribution is -0.117. The van der Waals surface area contributed by atoms with Gasteiger partial charge in [-0.25, -0.2) is 22.4 Å². The van der Waals surface area contributed by atoms with Gasteiger partial charge in [0.2, 0.25) is 5.91 Å². The molecule has 0 fully saturated rings. The van der Waals surface area contributed by atoms with E-state index in [1.165, 1.54) is 6.92 Å². The monoisotopic (exact) mass is 470 g/mol. The van der Waals surface area contributed by atoms with Gasteiger partial charge < -0.3 is 15.8 Å². The number of primary amides is 1. The van der Waals surface area contributed by atoms with Gasteiger partial charge in [-0.15, -0.1) is 11.3 Å². The Balaban J connectivity index is 2.38. The van der Waals surface area contributed by atoms with Gasteiger partial charge in [0.15, 0.2) is 0 Å². The minimum absolute atomic E-state index is 0.00729. The topological polar surface area (TPSA) is 116 Å². The Labute approximate surface area is 175 Å². The van der Waals surface area contributed by atoms with Crippen molar-refractivity contribution in [3.63, 3.8) is 0 Å². The summed E-state index contributed by atoms with van der Waals surface area (Å²) in [4.78, 5) is 36.1. The lowest BCUT2D eigenvalue weighted by Gasteiger charge is -2.09. The van der Waals surface area contributed by atoms with Gasteiger partial charge in [0.1, 0.15) is 22.9 Å². The molecule has 2 aromatic rings. The first kappa shape index (κ1) is 23.6. The summed E-state index contributed by atoms with van der Waals surface area (Å²) in [6.45, 7) is 2.06. The van der Waals surface area contributed by atoms with Crippen molar-refractivity contribution in [1.29, 1.82) is 0 Å². The Morgan fingerprint density at radius 3 is 2.40 bits per heavy atom. The minimum atomic E-state index is -3.27. The molecule has 0 aliphatic heterocycles. The molecule has 2 aromatic heterocycles. The van der Waals surface area contributed by atoms with E-state index in [2.05, 4.69) is 10.4 Å². The van der Waals surface area contributed by atoms with E-state index in [1.54, 1.807) is 6.92 Å². The minimum Gasteiger partial charge on any atom is -0.462 e. The fourth-order valence-corrected chi connectivity index (χ4v) is 3.89. The number of hydrogen-bond donors (Lipinski definition) is 2. The van der Waals surface area contributed by atoms with Crippen LogP contribution in [0.5, 0.6) is 0 Å². The van der Waals surface area contributed by atoms with Crippen LogP contribution in [0.25, 0.3) is 0 Å². The fourth-order valence-electron chi connectivity index (χ4n) is 2.53. The molecule has 0 aromatic carbocycles. The van der Waals surface area contributed by atoms with E-state index in [0.717, 1.165) is 0 Å². The van der Waals surface area contributed by atoms with Crippen LogP contribution < -0.4 is 11.1 Å². The maximum absolute atomic E-state index is 13.2. The molecule has 0 atom stereocenters. The van der Waals surface area contributed by atoms with Gasteiger partial charge in [-0.1, -0.05) is 11.6 Å². The summed E-state index contributed by atoms with van der Waals surface area (Å²) in [5.41, 5.74) is 3.14. The number of carbonyl (C=O) groups is 3. The molecule has 0 saturated heterocycles. The number of aromatic nitrogens is 2. The van der Waals surface area contributed by atoms with E-state index in [-0.39, 0.29) is 27.6 Å². The predicted molar refractivity (Wildman–Crippen MR) is 99.3 cm³/mol. The highest BCUT2D eigenvalue weighted by Gasteiger charge is 2.30. The normalized spacial score (nSPS) is 11.2. The van der Waals surface area contributed by atoms with Crippen LogP contribution in [0, 0.1) is 6.92 Å². The Bertz CT molecular complexity index is 993. The number of carbonyl (C=O) groups excluding carboxylic acids is 3. The van der Waals surface area contributed by atoms with Crippen LogP contribution in [-0.4, -0.2) is 34.2 Å². The molecular weight excluding hydrogens is 456 g/mol. The zero-order valence-electron chi connectivity index (χ0n) is 15.5. The molecule has 0 radical (unpaired) electrons. The van der Waals surface area contributed by atoms with Crippen molar-refractivity contribution in [3.05, 3.63) is 32.4 Å². The zero-order valence-corrected chi connectivity index (χ0v) is 17.0. The molecule has 164 valence electrons. The Hall–Kier alpha value is -2.67. The smallest absolute Gasteiger partial charge is 0.341 e. The summed E-state index contributed by atoms with van der Waals surface area (Å²) in [5, 5.41) is 4.50. The van der Waals surface area contributed by atoms with Crippen molar-refractivity contribution in [3.8, 4) is 0 Å². The predicted octanol–water partition coefficient (Wildman–Crippen LogP) is 3.70. The third-order valence-electron chi connectivity index (χ3n) is 3.77. The number of alkyl halides is 4. The number of esters is 1. The quantitative estimate of drug-likeness (QED) is 0.451. The van der Waals surface area contributed by atoms with Gasteiger partial charge in [0.05, 0.1) is 22.1 Å². The van der Waals surface area contributed by atoms with Crippen molar-refractivity contribution in [2.45, 2.75) is 33.2 Å². The van der Waals surface area contributed by atoms with Crippen LogP contribution in [0.1, 0.15) is 56.8 Å². The number of nitrogens with one attached hydrogen (secondary N) is 1. The van der Waals surface area contributed by atoms with Crippen molar-refractivity contribution >= 4 is 45.7 Å². The molecule has 0 aliphatic rings. The van der Waals surface area contributed by atoms with E-state index in [0.29, 0.717) is 16.0 Å². The van der Waals surface area contributed by atoms with Crippen LogP contribution in [-0.2, 0) is 16.1 Å². The first-order valence-corrected chi connectivity index (χ1v) is 9.41. The summed E-state index contributed by atoms with van der Waals surface area (Å²) in [6, 6.07) is 0. The van der Waals surface area contributed by atoms with Gasteiger partial charge in [-0.3, -0.25) is 14.3 Å². The number of ether oxygens (including phenoxy) is 1. The second-order valence-electron chi connectivity index (χ2n) is 5.74. The maximum atomic E-state index is 13.2. The van der Waals surface area contributed by atoms with Crippen LogP contribution in [0.15, 0.2) is 0 Å². The van der Waals surface area contributed by atoms with Crippen LogP contribution >= 0.6 is 22.9 Å². The summed E-state index contributed by atoms with van der Waals surface area (Å²) in [6.07, 6.45) is -6.50. The molecule has 2 amide bonds. The van der Waals surface area contributed by atoms with Crippen LogP contribution in [0.3, 0.4) is 0 Å². The molecule has 0 aliphatic carbocycles. The van der Waals surface area contributed by atoms with Crippen LogP contribution in [0.2, 0.25) is 5.02 Å². The molecule has 0 unspecified atom stereocenters. The number of nitrogens with zero attached hydrogens (tertiary/aromatic N) is 2. The van der Waals surface area contributed by atoms with Gasteiger partial charge in [0, 0.05) is 0 Å². The number of anilines is 1. The molecule has 3 N–H and O–H groups in total. The lowest BCUT2D eigenvalue weighted by atomic mass is 10.1. The molecular formula is C16H15ClF4N4O4S. The standard InChI is InChI=1S/C16H15ClF4N4O4S/c1-3-29-16(28)7-5(2)11(14(22)27)30-15(7)23-6(26)4-25-10(13(20)21)8(17)9(24-25)12(18)19/h12-13H,3-4H2,1-2H3,(H2,22,27)(H,23,26). The first-order valence-electron chi connectivity index (χ1n) is 8.22. The third-order valence-corrected chi connectivity index (χ3v) is 5.38. The van der Waals surface area contributed by atoms with Gasteiger partial charge in [-0.05, 0) is 19.4 Å².